The highest BCUT2D eigenvalue weighted by Gasteiger charge is 2.45. The van der Waals surface area contributed by atoms with Crippen molar-refractivity contribution < 1.29 is 19.2 Å². The molecule has 8 heteroatoms. The van der Waals surface area contributed by atoms with Crippen molar-refractivity contribution in [3.63, 3.8) is 0 Å². The van der Waals surface area contributed by atoms with Crippen molar-refractivity contribution >= 4 is 23.6 Å². The van der Waals surface area contributed by atoms with Gasteiger partial charge in [0.2, 0.25) is 11.8 Å². The van der Waals surface area contributed by atoms with Gasteiger partial charge in [-0.15, -0.1) is 0 Å². The average Bonchev–Trinajstić information content (AvgIpc) is 2.98. The number of fused-ring (bicyclic) bond motifs is 4. The molecule has 6 rings (SSSR count). The van der Waals surface area contributed by atoms with E-state index in [2.05, 4.69) is 10.2 Å². The number of hydrogen-bond donors (Lipinski definition) is 2. The molecule has 0 spiro atoms. The van der Waals surface area contributed by atoms with Crippen LogP contribution in [0.25, 0.3) is 0 Å². The van der Waals surface area contributed by atoms with E-state index in [1.807, 2.05) is 6.07 Å². The summed E-state index contributed by atoms with van der Waals surface area (Å²) in [5.74, 6) is -0.662. The Morgan fingerprint density at radius 1 is 1.03 bits per heavy atom. The molecule has 4 atom stereocenters. The molecule has 4 fully saturated rings. The fourth-order valence-electron chi connectivity index (χ4n) is 5.74. The Morgan fingerprint density at radius 3 is 2.57 bits per heavy atom. The number of piperidine rings is 3. The van der Waals surface area contributed by atoms with Crippen LogP contribution in [0.1, 0.15) is 58.4 Å². The first kappa shape index (κ1) is 19.4. The first-order valence-electron chi connectivity index (χ1n) is 10.7. The number of hydrogen-bond acceptors (Lipinski definition) is 6. The second kappa shape index (κ2) is 7.28. The fourth-order valence-corrected chi connectivity index (χ4v) is 5.74. The quantitative estimate of drug-likeness (QED) is 0.705. The SMILES string of the molecule is NCC1CC2CCC1N(Cc1ccc3c(c1)C(=O)N(C1CCC(=O)NC1=O)C3=O)C2. The molecule has 2 bridgehead atoms. The number of rotatable bonds is 4. The molecule has 3 N–H and O–H groups in total. The largest absolute Gasteiger partial charge is 0.330 e. The van der Waals surface area contributed by atoms with Crippen molar-refractivity contribution in [2.45, 2.75) is 50.7 Å². The topological polar surface area (TPSA) is 113 Å². The van der Waals surface area contributed by atoms with E-state index in [0.717, 1.165) is 30.0 Å². The number of carbonyl (C=O) groups is 4. The first-order valence-corrected chi connectivity index (χ1v) is 10.7. The third kappa shape index (κ3) is 3.06. The lowest BCUT2D eigenvalue weighted by molar-refractivity contribution is -0.136. The number of carbonyl (C=O) groups excluding carboxylic acids is 4. The molecule has 5 aliphatic rings. The summed E-state index contributed by atoms with van der Waals surface area (Å²) in [6.45, 7) is 2.48. The molecule has 0 radical (unpaired) electrons. The Labute approximate surface area is 174 Å². The molecule has 158 valence electrons. The predicted molar refractivity (Wildman–Crippen MR) is 107 cm³/mol. The minimum Gasteiger partial charge on any atom is -0.330 e. The number of imide groups is 2. The fraction of sp³-hybridized carbons (Fsp3) is 0.545. The molecule has 4 unspecified atom stereocenters. The molecule has 30 heavy (non-hydrogen) atoms. The second-order valence-electron chi connectivity index (χ2n) is 9.00. The predicted octanol–water partition coefficient (Wildman–Crippen LogP) is 0.647. The van der Waals surface area contributed by atoms with Gasteiger partial charge in [-0.25, -0.2) is 0 Å². The van der Waals surface area contributed by atoms with E-state index in [9.17, 15) is 19.2 Å². The zero-order valence-corrected chi connectivity index (χ0v) is 16.8. The summed E-state index contributed by atoms with van der Waals surface area (Å²) in [7, 11) is 0. The Hall–Kier alpha value is -2.58. The van der Waals surface area contributed by atoms with E-state index in [1.165, 1.54) is 12.8 Å². The van der Waals surface area contributed by atoms with Gasteiger partial charge in [0.1, 0.15) is 6.04 Å². The summed E-state index contributed by atoms with van der Waals surface area (Å²) in [6, 6.07) is 4.94. The molecule has 1 saturated carbocycles. The van der Waals surface area contributed by atoms with Crippen LogP contribution in [0.2, 0.25) is 0 Å². The molecule has 0 aromatic heterocycles. The highest BCUT2D eigenvalue weighted by molar-refractivity contribution is 6.23. The second-order valence-corrected chi connectivity index (χ2v) is 9.00. The molecule has 1 aromatic carbocycles. The van der Waals surface area contributed by atoms with Gasteiger partial charge in [0.05, 0.1) is 11.1 Å². The zero-order chi connectivity index (χ0) is 21.0. The Kier molecular flexibility index (Phi) is 4.71. The van der Waals surface area contributed by atoms with Gasteiger partial charge in [0.15, 0.2) is 0 Å². The van der Waals surface area contributed by atoms with Gasteiger partial charge in [-0.3, -0.25) is 34.3 Å². The number of benzene rings is 1. The molecule has 4 aliphatic heterocycles. The minimum atomic E-state index is -0.929. The zero-order valence-electron chi connectivity index (χ0n) is 16.8. The lowest BCUT2D eigenvalue weighted by atomic mass is 9.72. The maximum absolute atomic E-state index is 13.0. The van der Waals surface area contributed by atoms with Gasteiger partial charge in [-0.1, -0.05) is 6.07 Å². The van der Waals surface area contributed by atoms with Crippen molar-refractivity contribution in [3.8, 4) is 0 Å². The summed E-state index contributed by atoms with van der Waals surface area (Å²) in [4.78, 5) is 53.0. The Morgan fingerprint density at radius 2 is 1.83 bits per heavy atom. The van der Waals surface area contributed by atoms with Crippen molar-refractivity contribution in [1.29, 1.82) is 0 Å². The monoisotopic (exact) mass is 410 g/mol. The van der Waals surface area contributed by atoms with Gasteiger partial charge in [-0.2, -0.15) is 0 Å². The van der Waals surface area contributed by atoms with Crippen molar-refractivity contribution in [3.05, 3.63) is 34.9 Å². The van der Waals surface area contributed by atoms with Crippen LogP contribution in [0.4, 0.5) is 0 Å². The van der Waals surface area contributed by atoms with E-state index < -0.39 is 23.8 Å². The third-order valence-corrected chi connectivity index (χ3v) is 7.21. The number of nitrogens with zero attached hydrogens (tertiary/aromatic N) is 2. The molecule has 1 aliphatic carbocycles. The molecular weight excluding hydrogens is 384 g/mol. The minimum absolute atomic E-state index is 0.120. The summed E-state index contributed by atoms with van der Waals surface area (Å²) < 4.78 is 0. The van der Waals surface area contributed by atoms with Crippen LogP contribution in [0.15, 0.2) is 18.2 Å². The maximum atomic E-state index is 13.0. The summed E-state index contributed by atoms with van der Waals surface area (Å²) in [6.07, 6.45) is 3.92. The van der Waals surface area contributed by atoms with E-state index >= 15 is 0 Å². The lowest BCUT2D eigenvalue weighted by Gasteiger charge is -2.50. The summed E-state index contributed by atoms with van der Waals surface area (Å²) in [5, 5.41) is 2.22. The van der Waals surface area contributed by atoms with E-state index in [1.54, 1.807) is 12.1 Å². The van der Waals surface area contributed by atoms with Gasteiger partial charge >= 0.3 is 0 Å². The number of nitrogens with one attached hydrogen (secondary N) is 1. The highest BCUT2D eigenvalue weighted by atomic mass is 16.2. The molecule has 8 nitrogen and oxygen atoms in total. The molecule has 3 saturated heterocycles. The van der Waals surface area contributed by atoms with Gasteiger partial charge in [0, 0.05) is 25.6 Å². The van der Waals surface area contributed by atoms with Crippen LogP contribution in [-0.4, -0.2) is 58.6 Å². The van der Waals surface area contributed by atoms with Crippen LogP contribution in [-0.2, 0) is 16.1 Å². The van der Waals surface area contributed by atoms with Gasteiger partial charge < -0.3 is 5.73 Å². The summed E-state index contributed by atoms with van der Waals surface area (Å²) >= 11 is 0. The van der Waals surface area contributed by atoms with Crippen molar-refractivity contribution in [2.75, 3.05) is 13.1 Å². The van der Waals surface area contributed by atoms with Crippen LogP contribution < -0.4 is 11.1 Å². The normalized spacial score (nSPS) is 31.3. The first-order chi connectivity index (χ1) is 14.5. The maximum Gasteiger partial charge on any atom is 0.262 e. The van der Waals surface area contributed by atoms with Crippen LogP contribution in [0.5, 0.6) is 0 Å². The van der Waals surface area contributed by atoms with E-state index in [-0.39, 0.29) is 18.7 Å². The Balaban J connectivity index is 1.36. The Bertz CT molecular complexity index is 945. The van der Waals surface area contributed by atoms with E-state index in [4.69, 9.17) is 5.73 Å². The van der Waals surface area contributed by atoms with Crippen molar-refractivity contribution in [1.82, 2.24) is 15.1 Å². The molecule has 4 amide bonds. The van der Waals surface area contributed by atoms with Crippen molar-refractivity contribution in [2.24, 2.45) is 17.6 Å². The molecular formula is C22H26N4O4. The van der Waals surface area contributed by atoms with Gasteiger partial charge in [0.25, 0.3) is 11.8 Å². The average molecular weight is 410 g/mol. The number of amides is 4. The van der Waals surface area contributed by atoms with Gasteiger partial charge in [-0.05, 0) is 61.8 Å². The van der Waals surface area contributed by atoms with Crippen LogP contribution >= 0.6 is 0 Å². The highest BCUT2D eigenvalue weighted by Crippen LogP contribution is 2.39. The third-order valence-electron chi connectivity index (χ3n) is 7.21. The smallest absolute Gasteiger partial charge is 0.262 e. The summed E-state index contributed by atoms with van der Waals surface area (Å²) in [5.41, 5.74) is 7.65. The van der Waals surface area contributed by atoms with Crippen LogP contribution in [0.3, 0.4) is 0 Å². The van der Waals surface area contributed by atoms with Crippen LogP contribution in [0, 0.1) is 11.8 Å². The van der Waals surface area contributed by atoms with E-state index in [0.29, 0.717) is 35.5 Å². The lowest BCUT2D eigenvalue weighted by Crippen LogP contribution is -2.54. The molecule has 1 aromatic rings. The standard InChI is InChI=1S/C22H26N4O4/c23-9-14-7-12-2-4-17(14)25(10-12)11-13-1-3-15-16(8-13)22(30)26(21(15)29)18-5-6-19(27)24-20(18)28/h1,3,8,12,14,17-18H,2,4-7,9-11,23H2,(H,24,27,28). The molecule has 4 heterocycles. The number of nitrogens with two attached hydrogens (primary N) is 1.